The molecule has 0 spiro atoms. The van der Waals surface area contributed by atoms with E-state index in [-0.39, 0.29) is 16.5 Å². The summed E-state index contributed by atoms with van der Waals surface area (Å²) in [5.74, 6) is -0.551. The number of aromatic amines is 1. The highest BCUT2D eigenvalue weighted by atomic mass is 16.6. The Labute approximate surface area is 133 Å². The lowest BCUT2D eigenvalue weighted by Crippen LogP contribution is -2.47. The molecule has 1 fully saturated rings. The number of carbonyl (C=O) groups excluding carboxylic acids is 1. The lowest BCUT2D eigenvalue weighted by Gasteiger charge is -2.33. The van der Waals surface area contributed by atoms with Gasteiger partial charge >= 0.3 is 13.1 Å². The van der Waals surface area contributed by atoms with Gasteiger partial charge in [0.25, 0.3) is 0 Å². The molecule has 6 nitrogen and oxygen atoms in total. The summed E-state index contributed by atoms with van der Waals surface area (Å²) >= 11 is 0. The van der Waals surface area contributed by atoms with Crippen molar-refractivity contribution in [3.8, 4) is 0 Å². The average molecular weight is 315 g/mol. The molecule has 0 aliphatic carbocycles. The second-order valence-corrected chi connectivity index (χ2v) is 6.46. The molecule has 1 aromatic heterocycles. The molecule has 0 bridgehead atoms. The van der Waals surface area contributed by atoms with Crippen LogP contribution < -0.4 is 11.0 Å². The van der Waals surface area contributed by atoms with Crippen molar-refractivity contribution in [2.45, 2.75) is 13.8 Å². The van der Waals surface area contributed by atoms with Gasteiger partial charge in [0.15, 0.2) is 0 Å². The first-order chi connectivity index (χ1) is 10.9. The van der Waals surface area contributed by atoms with Crippen LogP contribution in [-0.2, 0) is 14.0 Å². The molecule has 1 aliphatic rings. The van der Waals surface area contributed by atoms with Gasteiger partial charge < -0.3 is 19.0 Å². The zero-order chi connectivity index (χ0) is 16.6. The van der Waals surface area contributed by atoms with Crippen LogP contribution in [0.4, 0.5) is 0 Å². The smallest absolute Gasteiger partial charge is 0.465 e. The minimum atomic E-state index is -0.551. The molecule has 0 unspecified atom stereocenters. The third kappa shape index (κ3) is 3.16. The highest BCUT2D eigenvalue weighted by Gasteiger charge is 2.33. The largest absolute Gasteiger partial charge is 0.493 e. The van der Waals surface area contributed by atoms with Gasteiger partial charge in [-0.2, -0.15) is 0 Å². The highest BCUT2D eigenvalue weighted by Crippen LogP contribution is 2.22. The first-order valence-electron chi connectivity index (χ1n) is 7.38. The molecule has 1 saturated heterocycles. The maximum atomic E-state index is 11.9. The van der Waals surface area contributed by atoms with Crippen molar-refractivity contribution < 1.29 is 18.8 Å². The first kappa shape index (κ1) is 15.8. The van der Waals surface area contributed by atoms with Crippen LogP contribution >= 0.6 is 0 Å². The summed E-state index contributed by atoms with van der Waals surface area (Å²) in [5.41, 5.74) is 1.22. The van der Waals surface area contributed by atoms with E-state index in [9.17, 15) is 9.59 Å². The predicted molar refractivity (Wildman–Crippen MR) is 87.0 cm³/mol. The SMILES string of the molecule is COC(=O)c1cc(=O)[nH]c2ccc(B3OCC(C)(C)CO3)cc12. The molecule has 1 aliphatic heterocycles. The number of esters is 1. The fraction of sp³-hybridized carbons (Fsp3) is 0.375. The van der Waals surface area contributed by atoms with E-state index in [0.29, 0.717) is 24.1 Å². The number of pyridine rings is 1. The van der Waals surface area contributed by atoms with Gasteiger partial charge in [-0.1, -0.05) is 26.0 Å². The minimum Gasteiger partial charge on any atom is -0.465 e. The number of benzene rings is 1. The molecule has 2 aromatic rings. The van der Waals surface area contributed by atoms with Crippen molar-refractivity contribution in [3.05, 3.63) is 40.2 Å². The molecule has 0 radical (unpaired) electrons. The zero-order valence-electron chi connectivity index (χ0n) is 13.3. The second kappa shape index (κ2) is 5.83. The van der Waals surface area contributed by atoms with Gasteiger partial charge in [0.05, 0.1) is 12.7 Å². The van der Waals surface area contributed by atoms with Gasteiger partial charge in [0, 0.05) is 35.6 Å². The molecule has 120 valence electrons. The lowest BCUT2D eigenvalue weighted by atomic mass is 9.75. The summed E-state index contributed by atoms with van der Waals surface area (Å²) in [6.07, 6.45) is 0. The van der Waals surface area contributed by atoms with Crippen LogP contribution in [0.15, 0.2) is 29.1 Å². The van der Waals surface area contributed by atoms with Gasteiger partial charge in [0.2, 0.25) is 5.56 Å². The van der Waals surface area contributed by atoms with Gasteiger partial charge in [-0.15, -0.1) is 0 Å². The van der Waals surface area contributed by atoms with E-state index in [1.165, 1.54) is 13.2 Å². The van der Waals surface area contributed by atoms with Crippen LogP contribution in [0, 0.1) is 5.41 Å². The van der Waals surface area contributed by atoms with Crippen LogP contribution in [0.25, 0.3) is 10.9 Å². The summed E-state index contributed by atoms with van der Waals surface area (Å²) in [7, 11) is 0.805. The van der Waals surface area contributed by atoms with Crippen LogP contribution in [0.3, 0.4) is 0 Å². The third-order valence-corrected chi connectivity index (χ3v) is 3.80. The maximum absolute atomic E-state index is 11.9. The number of aromatic nitrogens is 1. The van der Waals surface area contributed by atoms with Crippen molar-refractivity contribution in [3.63, 3.8) is 0 Å². The number of H-pyrrole nitrogens is 1. The fourth-order valence-electron chi connectivity index (χ4n) is 2.58. The normalized spacial score (nSPS) is 17.3. The van der Waals surface area contributed by atoms with E-state index in [4.69, 9.17) is 14.0 Å². The number of hydrogen-bond donors (Lipinski definition) is 1. The van der Waals surface area contributed by atoms with E-state index < -0.39 is 13.1 Å². The molecule has 7 heteroatoms. The van der Waals surface area contributed by atoms with Crippen LogP contribution in [0.2, 0.25) is 0 Å². The van der Waals surface area contributed by atoms with Gasteiger partial charge in [0.1, 0.15) is 0 Å². The average Bonchev–Trinajstić information content (AvgIpc) is 2.53. The zero-order valence-corrected chi connectivity index (χ0v) is 13.3. The van der Waals surface area contributed by atoms with Gasteiger partial charge in [-0.3, -0.25) is 4.79 Å². The van der Waals surface area contributed by atoms with Crippen molar-refractivity contribution in [2.24, 2.45) is 5.41 Å². The fourth-order valence-corrected chi connectivity index (χ4v) is 2.58. The van der Waals surface area contributed by atoms with E-state index in [2.05, 4.69) is 18.8 Å². The van der Waals surface area contributed by atoms with E-state index in [0.717, 1.165) is 5.46 Å². The Kier molecular flexibility index (Phi) is 4.00. The van der Waals surface area contributed by atoms with Crippen LogP contribution in [0.5, 0.6) is 0 Å². The second-order valence-electron chi connectivity index (χ2n) is 6.46. The van der Waals surface area contributed by atoms with E-state index in [1.807, 2.05) is 6.07 Å². The van der Waals surface area contributed by atoms with Crippen molar-refractivity contribution in [2.75, 3.05) is 20.3 Å². The molecule has 23 heavy (non-hydrogen) atoms. The highest BCUT2D eigenvalue weighted by molar-refractivity contribution is 6.61. The Bertz CT molecular complexity index is 804. The maximum Gasteiger partial charge on any atom is 0.493 e. The number of methoxy groups -OCH3 is 1. The number of nitrogens with one attached hydrogen (secondary N) is 1. The molecule has 0 saturated carbocycles. The molecule has 0 amide bonds. The van der Waals surface area contributed by atoms with E-state index >= 15 is 0 Å². The van der Waals surface area contributed by atoms with Crippen molar-refractivity contribution >= 4 is 29.5 Å². The summed E-state index contributed by atoms with van der Waals surface area (Å²) < 4.78 is 16.3. The Balaban J connectivity index is 2.03. The summed E-state index contributed by atoms with van der Waals surface area (Å²) in [6.45, 7) is 5.32. The lowest BCUT2D eigenvalue weighted by molar-refractivity contribution is 0.0343. The van der Waals surface area contributed by atoms with Crippen molar-refractivity contribution in [1.82, 2.24) is 4.98 Å². The van der Waals surface area contributed by atoms with Gasteiger partial charge in [-0.05, 0) is 11.5 Å². The summed E-state index contributed by atoms with van der Waals surface area (Å²) in [6, 6.07) is 6.59. The minimum absolute atomic E-state index is 0.0181. The Hall–Kier alpha value is -2.12. The number of ether oxygens (including phenoxy) is 1. The van der Waals surface area contributed by atoms with Crippen LogP contribution in [0.1, 0.15) is 24.2 Å². The third-order valence-electron chi connectivity index (χ3n) is 3.80. The number of hydrogen-bond acceptors (Lipinski definition) is 5. The Morgan fingerprint density at radius 3 is 2.61 bits per heavy atom. The Morgan fingerprint density at radius 1 is 1.26 bits per heavy atom. The van der Waals surface area contributed by atoms with E-state index in [1.54, 1.807) is 12.1 Å². The molecule has 0 atom stereocenters. The van der Waals surface area contributed by atoms with Crippen LogP contribution in [-0.4, -0.2) is 38.4 Å². The number of rotatable bonds is 2. The molecular formula is C16H18BNO5. The predicted octanol–water partition coefficient (Wildman–Crippen LogP) is 1.08. The molecule has 1 aromatic carbocycles. The number of carbonyl (C=O) groups is 1. The first-order valence-corrected chi connectivity index (χ1v) is 7.38. The topological polar surface area (TPSA) is 77.6 Å². The van der Waals surface area contributed by atoms with Gasteiger partial charge in [-0.25, -0.2) is 4.79 Å². The molecule has 1 N–H and O–H groups in total. The Morgan fingerprint density at radius 2 is 1.96 bits per heavy atom. The molecular weight excluding hydrogens is 297 g/mol. The number of fused-ring (bicyclic) bond motifs is 1. The quantitative estimate of drug-likeness (QED) is 0.663. The monoisotopic (exact) mass is 315 g/mol. The molecule has 2 heterocycles. The summed E-state index contributed by atoms with van der Waals surface area (Å²) in [5, 5.41) is 0.603. The molecule has 3 rings (SSSR count). The summed E-state index contributed by atoms with van der Waals surface area (Å²) in [4.78, 5) is 26.3. The standard InChI is InChI=1S/C16H18BNO5/c1-16(2)8-22-17(23-9-16)10-4-5-13-11(6-10)12(15(20)21-3)7-14(19)18-13/h4-7H,8-9H2,1-3H3,(H,18,19). The van der Waals surface area contributed by atoms with Crippen molar-refractivity contribution in [1.29, 1.82) is 0 Å².